The largest absolute Gasteiger partial charge is 0.354 e. The molecule has 0 bridgehead atoms. The van der Waals surface area contributed by atoms with E-state index in [-0.39, 0.29) is 11.9 Å². The Hall–Kier alpha value is -0.240. The number of hydrogen-bond acceptors (Lipinski definition) is 1. The van der Waals surface area contributed by atoms with Crippen molar-refractivity contribution in [3.63, 3.8) is 0 Å². The second kappa shape index (κ2) is 7.94. The molecule has 94 valence electrons. The summed E-state index contributed by atoms with van der Waals surface area (Å²) in [6.45, 7) is 2.06. The number of carbonyl (C=O) groups excluding carboxylic acids is 1. The summed E-state index contributed by atoms with van der Waals surface area (Å²) in [6.07, 6.45) is 9.13. The zero-order chi connectivity index (χ0) is 11.8. The lowest BCUT2D eigenvalue weighted by molar-refractivity contribution is -0.122. The van der Waals surface area contributed by atoms with Gasteiger partial charge in [0, 0.05) is 18.3 Å². The van der Waals surface area contributed by atoms with Gasteiger partial charge in [-0.15, -0.1) is 11.6 Å². The molecule has 1 aliphatic rings. The number of alkyl halides is 1. The molecule has 0 aromatic heterocycles. The Balaban J connectivity index is 2.13. The molecule has 1 fully saturated rings. The topological polar surface area (TPSA) is 29.1 Å². The Kier molecular flexibility index (Phi) is 6.86. The molecule has 0 spiro atoms. The first-order chi connectivity index (χ1) is 7.72. The molecule has 1 saturated carbocycles. The summed E-state index contributed by atoms with van der Waals surface area (Å²) in [5.74, 6) is 1.55. The fourth-order valence-electron chi connectivity index (χ4n) is 2.44. The van der Waals surface area contributed by atoms with Gasteiger partial charge in [0.2, 0.25) is 5.91 Å². The molecule has 16 heavy (non-hydrogen) atoms. The maximum atomic E-state index is 11.7. The maximum absolute atomic E-state index is 11.7. The summed E-state index contributed by atoms with van der Waals surface area (Å²) < 4.78 is 0. The Labute approximate surface area is 104 Å². The minimum absolute atomic E-state index is 0.231. The predicted octanol–water partition coefficient (Wildman–Crippen LogP) is 3.48. The normalized spacial score (nSPS) is 19.4. The van der Waals surface area contributed by atoms with E-state index in [1.807, 2.05) is 0 Å². The molecule has 1 unspecified atom stereocenters. The molecule has 1 rings (SSSR count). The fraction of sp³-hybridized carbons (Fsp3) is 0.923. The molecule has 0 radical (unpaired) electrons. The highest BCUT2D eigenvalue weighted by molar-refractivity contribution is 6.17. The van der Waals surface area contributed by atoms with Gasteiger partial charge in [-0.2, -0.15) is 0 Å². The molecule has 0 saturated heterocycles. The van der Waals surface area contributed by atoms with Crippen LogP contribution in [0.3, 0.4) is 0 Å². The smallest absolute Gasteiger partial charge is 0.220 e. The number of amides is 1. The van der Waals surface area contributed by atoms with Gasteiger partial charge in [-0.05, 0) is 38.5 Å². The van der Waals surface area contributed by atoms with Gasteiger partial charge >= 0.3 is 0 Å². The van der Waals surface area contributed by atoms with Gasteiger partial charge < -0.3 is 5.32 Å². The van der Waals surface area contributed by atoms with Gasteiger partial charge in [0.25, 0.3) is 0 Å². The Morgan fingerprint density at radius 1 is 1.38 bits per heavy atom. The molecule has 1 aliphatic carbocycles. The number of halogens is 1. The SMILES string of the molecule is CC(CCCCl)NC(=O)CC1CCCCC1. The van der Waals surface area contributed by atoms with Crippen molar-refractivity contribution in [2.45, 2.75) is 64.3 Å². The van der Waals surface area contributed by atoms with E-state index in [0.29, 0.717) is 11.8 Å². The van der Waals surface area contributed by atoms with E-state index in [0.717, 1.165) is 19.3 Å². The van der Waals surface area contributed by atoms with E-state index in [1.165, 1.54) is 32.1 Å². The van der Waals surface area contributed by atoms with Crippen LogP contribution in [0, 0.1) is 5.92 Å². The van der Waals surface area contributed by atoms with Crippen LogP contribution in [-0.4, -0.2) is 17.8 Å². The van der Waals surface area contributed by atoms with Crippen molar-refractivity contribution in [3.8, 4) is 0 Å². The third-order valence-corrected chi connectivity index (χ3v) is 3.64. The molecular formula is C13H24ClNO. The zero-order valence-corrected chi connectivity index (χ0v) is 11.1. The van der Waals surface area contributed by atoms with Gasteiger partial charge in [-0.1, -0.05) is 19.3 Å². The van der Waals surface area contributed by atoms with Crippen LogP contribution in [0.15, 0.2) is 0 Å². The van der Waals surface area contributed by atoms with Gasteiger partial charge in [0.05, 0.1) is 0 Å². The number of hydrogen-bond donors (Lipinski definition) is 1. The third-order valence-electron chi connectivity index (χ3n) is 3.38. The molecule has 1 atom stereocenters. The molecule has 3 heteroatoms. The fourth-order valence-corrected chi connectivity index (χ4v) is 2.60. The van der Waals surface area contributed by atoms with Crippen LogP contribution < -0.4 is 5.32 Å². The first-order valence-electron chi connectivity index (χ1n) is 6.57. The molecule has 2 nitrogen and oxygen atoms in total. The second-order valence-corrected chi connectivity index (χ2v) is 5.39. The van der Waals surface area contributed by atoms with Gasteiger partial charge in [0.1, 0.15) is 0 Å². The van der Waals surface area contributed by atoms with Crippen molar-refractivity contribution in [2.75, 3.05) is 5.88 Å². The molecule has 0 aromatic rings. The summed E-state index contributed by atoms with van der Waals surface area (Å²) in [5, 5.41) is 3.06. The van der Waals surface area contributed by atoms with Crippen LogP contribution in [0.2, 0.25) is 0 Å². The van der Waals surface area contributed by atoms with Gasteiger partial charge in [-0.25, -0.2) is 0 Å². The van der Waals surface area contributed by atoms with Gasteiger partial charge in [0.15, 0.2) is 0 Å². The monoisotopic (exact) mass is 245 g/mol. The Morgan fingerprint density at radius 3 is 2.69 bits per heavy atom. The van der Waals surface area contributed by atoms with E-state index in [1.54, 1.807) is 0 Å². The molecule has 1 N–H and O–H groups in total. The lowest BCUT2D eigenvalue weighted by Gasteiger charge is -2.22. The minimum atomic E-state index is 0.231. The third kappa shape index (κ3) is 5.74. The van der Waals surface area contributed by atoms with Crippen LogP contribution in [0.5, 0.6) is 0 Å². The predicted molar refractivity (Wildman–Crippen MR) is 68.8 cm³/mol. The number of rotatable bonds is 6. The van der Waals surface area contributed by atoms with E-state index >= 15 is 0 Å². The highest BCUT2D eigenvalue weighted by Gasteiger charge is 2.17. The first-order valence-corrected chi connectivity index (χ1v) is 7.11. The van der Waals surface area contributed by atoms with Crippen molar-refractivity contribution in [3.05, 3.63) is 0 Å². The highest BCUT2D eigenvalue weighted by atomic mass is 35.5. The number of nitrogens with one attached hydrogen (secondary N) is 1. The summed E-state index contributed by atoms with van der Waals surface area (Å²) >= 11 is 5.63. The van der Waals surface area contributed by atoms with Crippen molar-refractivity contribution in [1.29, 1.82) is 0 Å². The van der Waals surface area contributed by atoms with Gasteiger partial charge in [-0.3, -0.25) is 4.79 Å². The molecule has 0 aromatic carbocycles. The van der Waals surface area contributed by atoms with E-state index in [4.69, 9.17) is 11.6 Å². The Bertz CT molecular complexity index is 202. The van der Waals surface area contributed by atoms with Crippen LogP contribution in [-0.2, 0) is 4.79 Å². The quantitative estimate of drug-likeness (QED) is 0.714. The summed E-state index contributed by atoms with van der Waals surface area (Å²) in [6, 6.07) is 0.273. The standard InChI is InChI=1S/C13H24ClNO/c1-11(6-5-9-14)15-13(16)10-12-7-3-2-4-8-12/h11-12H,2-10H2,1H3,(H,15,16). The van der Waals surface area contributed by atoms with E-state index < -0.39 is 0 Å². The van der Waals surface area contributed by atoms with Crippen LogP contribution in [0.1, 0.15) is 58.3 Å². The van der Waals surface area contributed by atoms with Crippen molar-refractivity contribution >= 4 is 17.5 Å². The van der Waals surface area contributed by atoms with Crippen molar-refractivity contribution in [2.24, 2.45) is 5.92 Å². The number of carbonyl (C=O) groups is 1. The zero-order valence-electron chi connectivity index (χ0n) is 10.3. The molecular weight excluding hydrogens is 222 g/mol. The average Bonchev–Trinajstić information content (AvgIpc) is 2.27. The summed E-state index contributed by atoms with van der Waals surface area (Å²) in [4.78, 5) is 11.7. The lowest BCUT2D eigenvalue weighted by Crippen LogP contribution is -2.34. The van der Waals surface area contributed by atoms with Crippen LogP contribution in [0.4, 0.5) is 0 Å². The first kappa shape index (κ1) is 13.8. The average molecular weight is 246 g/mol. The van der Waals surface area contributed by atoms with Crippen LogP contribution >= 0.6 is 11.6 Å². The minimum Gasteiger partial charge on any atom is -0.354 e. The Morgan fingerprint density at radius 2 is 2.06 bits per heavy atom. The van der Waals surface area contributed by atoms with E-state index in [2.05, 4.69) is 12.2 Å². The maximum Gasteiger partial charge on any atom is 0.220 e. The molecule has 1 amide bonds. The lowest BCUT2D eigenvalue weighted by atomic mass is 9.87. The summed E-state index contributed by atoms with van der Waals surface area (Å²) in [5.41, 5.74) is 0. The van der Waals surface area contributed by atoms with E-state index in [9.17, 15) is 4.79 Å². The molecule has 0 heterocycles. The second-order valence-electron chi connectivity index (χ2n) is 5.01. The highest BCUT2D eigenvalue weighted by Crippen LogP contribution is 2.26. The van der Waals surface area contributed by atoms with Crippen LogP contribution in [0.25, 0.3) is 0 Å². The summed E-state index contributed by atoms with van der Waals surface area (Å²) in [7, 11) is 0. The van der Waals surface area contributed by atoms with Crippen molar-refractivity contribution in [1.82, 2.24) is 5.32 Å². The van der Waals surface area contributed by atoms with Crippen molar-refractivity contribution < 1.29 is 4.79 Å². The molecule has 0 aliphatic heterocycles.